The lowest BCUT2D eigenvalue weighted by molar-refractivity contribution is -0.135. The highest BCUT2D eigenvalue weighted by Crippen LogP contribution is 2.32. The molecule has 0 saturated heterocycles. The normalized spacial score (nSPS) is 11.8. The molecule has 0 unspecified atom stereocenters. The number of unbranched alkanes of at least 4 members (excludes halogenated alkanes) is 16. The zero-order valence-electron chi connectivity index (χ0n) is 22.9. The molecule has 0 aliphatic rings. The molecule has 0 aliphatic heterocycles. The monoisotopic (exact) mass is 502 g/mol. The van der Waals surface area contributed by atoms with Gasteiger partial charge in [-0.05, 0) is 31.0 Å². The Kier molecular flexibility index (Phi) is 25.1. The van der Waals surface area contributed by atoms with Crippen molar-refractivity contribution in [2.45, 2.75) is 174 Å². The van der Waals surface area contributed by atoms with Gasteiger partial charge >= 0.3 is 0 Å². The number of hydrogen-bond acceptors (Lipinski definition) is 2. The van der Waals surface area contributed by atoms with Crippen molar-refractivity contribution < 1.29 is 9.22 Å². The van der Waals surface area contributed by atoms with E-state index in [0.29, 0.717) is 12.3 Å². The van der Waals surface area contributed by atoms with Gasteiger partial charge in [0.1, 0.15) is 0 Å². The maximum atomic E-state index is 12.8. The molecule has 4 heteroatoms. The van der Waals surface area contributed by atoms with Crippen molar-refractivity contribution >= 4 is 25.9 Å². The van der Waals surface area contributed by atoms with Crippen LogP contribution in [-0.4, -0.2) is 20.2 Å². The van der Waals surface area contributed by atoms with E-state index in [2.05, 4.69) is 20.8 Å². The second kappa shape index (κ2) is 25.1. The summed E-state index contributed by atoms with van der Waals surface area (Å²) in [4.78, 5) is 12.8. The van der Waals surface area contributed by atoms with Crippen molar-refractivity contribution in [1.82, 2.24) is 0 Å². The molecule has 0 spiro atoms. The van der Waals surface area contributed by atoms with Crippen LogP contribution in [0.25, 0.3) is 0 Å². The Morgan fingerprint density at radius 2 is 0.909 bits per heavy atom. The van der Waals surface area contributed by atoms with Gasteiger partial charge in [0.05, 0.1) is 0 Å². The van der Waals surface area contributed by atoms with Gasteiger partial charge in [0, 0.05) is 12.3 Å². The number of carbonyl (C=O) groups is 1. The molecule has 33 heavy (non-hydrogen) atoms. The zero-order chi connectivity index (χ0) is 24.5. The van der Waals surface area contributed by atoms with Crippen molar-refractivity contribution in [2.24, 2.45) is 0 Å². The van der Waals surface area contributed by atoms with Crippen LogP contribution < -0.4 is 0 Å². The largest absolute Gasteiger partial charge is 0.519 e. The molecule has 2 nitrogen and oxygen atoms in total. The van der Waals surface area contributed by atoms with Gasteiger partial charge in [-0.2, -0.15) is 0 Å². The Hall–Kier alpha value is -0.0231. The van der Waals surface area contributed by atoms with Crippen molar-refractivity contribution in [1.29, 1.82) is 0 Å². The first kappa shape index (κ1) is 33.0. The minimum atomic E-state index is -2.01. The summed E-state index contributed by atoms with van der Waals surface area (Å²) in [5, 5.41) is 0. The van der Waals surface area contributed by atoms with Crippen LogP contribution in [0.4, 0.5) is 0 Å². The highest BCUT2D eigenvalue weighted by atomic mass is 35.5. The second-order valence-electron chi connectivity index (χ2n) is 10.4. The number of alkyl halides is 1. The molecule has 0 saturated carbocycles. The van der Waals surface area contributed by atoms with Gasteiger partial charge in [0.15, 0.2) is 0 Å². The molecule has 0 atom stereocenters. The van der Waals surface area contributed by atoms with Crippen molar-refractivity contribution in [3.05, 3.63) is 0 Å². The van der Waals surface area contributed by atoms with E-state index < -0.39 is 8.32 Å². The van der Waals surface area contributed by atoms with Crippen LogP contribution in [0, 0.1) is 0 Å². The van der Waals surface area contributed by atoms with E-state index in [9.17, 15) is 4.79 Å². The fourth-order valence-electron chi connectivity index (χ4n) is 4.87. The summed E-state index contributed by atoms with van der Waals surface area (Å²) in [5.41, 5.74) is 0. The van der Waals surface area contributed by atoms with Crippen molar-refractivity contribution in [3.8, 4) is 0 Å². The SMILES string of the molecule is CCCCCCCC[Si](CCCCCCCC)(CCCCCCCC)OC(=O)CCCCCl. The zero-order valence-corrected chi connectivity index (χ0v) is 24.6. The Morgan fingerprint density at radius 3 is 1.27 bits per heavy atom. The molecule has 0 amide bonds. The summed E-state index contributed by atoms with van der Waals surface area (Å²) in [6.45, 7) is 6.84. The fourth-order valence-corrected chi connectivity index (χ4v) is 9.38. The van der Waals surface area contributed by atoms with E-state index in [1.54, 1.807) is 0 Å². The van der Waals surface area contributed by atoms with Gasteiger partial charge in [0.2, 0.25) is 0 Å². The Balaban J connectivity index is 4.93. The van der Waals surface area contributed by atoms with Crippen molar-refractivity contribution in [2.75, 3.05) is 5.88 Å². The smallest absolute Gasteiger partial charge is 0.292 e. The van der Waals surface area contributed by atoms with Gasteiger partial charge in [-0.1, -0.05) is 136 Å². The maximum Gasteiger partial charge on any atom is 0.292 e. The van der Waals surface area contributed by atoms with E-state index >= 15 is 0 Å². The minimum Gasteiger partial charge on any atom is -0.519 e. The lowest BCUT2D eigenvalue weighted by Gasteiger charge is -2.32. The van der Waals surface area contributed by atoms with Gasteiger partial charge in [-0.15, -0.1) is 11.6 Å². The predicted molar refractivity (Wildman–Crippen MR) is 151 cm³/mol. The second-order valence-corrected chi connectivity index (χ2v) is 14.8. The number of hydrogen-bond donors (Lipinski definition) is 0. The Bertz CT molecular complexity index is 376. The topological polar surface area (TPSA) is 26.3 Å². The minimum absolute atomic E-state index is 0.0785. The van der Waals surface area contributed by atoms with Crippen LogP contribution in [0.3, 0.4) is 0 Å². The van der Waals surface area contributed by atoms with Gasteiger partial charge in [-0.25, -0.2) is 0 Å². The maximum absolute atomic E-state index is 12.8. The average Bonchev–Trinajstić information content (AvgIpc) is 2.81. The summed E-state index contributed by atoms with van der Waals surface area (Å²) in [6.07, 6.45) is 26.1. The van der Waals surface area contributed by atoms with Crippen LogP contribution in [0.15, 0.2) is 0 Å². The summed E-state index contributed by atoms with van der Waals surface area (Å²) in [7, 11) is -2.01. The molecular formula is C29H59ClO2Si. The average molecular weight is 503 g/mol. The Morgan fingerprint density at radius 1 is 0.545 bits per heavy atom. The lowest BCUT2D eigenvalue weighted by atomic mass is 10.1. The van der Waals surface area contributed by atoms with Gasteiger partial charge in [-0.3, -0.25) is 4.79 Å². The molecule has 198 valence electrons. The highest BCUT2D eigenvalue weighted by molar-refractivity contribution is 6.75. The van der Waals surface area contributed by atoms with E-state index in [-0.39, 0.29) is 5.97 Å². The van der Waals surface area contributed by atoms with Gasteiger partial charge < -0.3 is 4.43 Å². The predicted octanol–water partition coefficient (Wildman–Crippen LogP) is 11.0. The van der Waals surface area contributed by atoms with Gasteiger partial charge in [0.25, 0.3) is 14.3 Å². The van der Waals surface area contributed by atoms with Crippen LogP contribution >= 0.6 is 11.6 Å². The van der Waals surface area contributed by atoms with E-state index in [1.807, 2.05) is 0 Å². The third-order valence-corrected chi connectivity index (χ3v) is 11.8. The first-order valence-corrected chi connectivity index (χ1v) is 18.0. The molecule has 0 rings (SSSR count). The van der Waals surface area contributed by atoms with Crippen LogP contribution in [0.5, 0.6) is 0 Å². The van der Waals surface area contributed by atoms with Crippen molar-refractivity contribution in [3.63, 3.8) is 0 Å². The molecule has 0 aliphatic carbocycles. The van der Waals surface area contributed by atoms with E-state index in [4.69, 9.17) is 16.0 Å². The standard InChI is InChI=1S/C29H59ClO2Si/c1-4-7-10-13-16-21-26-33(27-22-17-14-11-8-5-2,28-23-18-15-12-9-6-3)32-29(31)24-19-20-25-30/h4-28H2,1-3H3. The lowest BCUT2D eigenvalue weighted by Crippen LogP contribution is -2.40. The molecule has 0 aromatic heterocycles. The first-order valence-electron chi connectivity index (χ1n) is 14.9. The number of rotatable bonds is 26. The summed E-state index contributed by atoms with van der Waals surface area (Å²) in [6, 6.07) is 3.60. The van der Waals surface area contributed by atoms with Crippen LogP contribution in [-0.2, 0) is 9.22 Å². The third-order valence-electron chi connectivity index (χ3n) is 7.05. The Labute approximate surface area is 214 Å². The molecule has 0 aromatic carbocycles. The number of carbonyl (C=O) groups excluding carboxylic acids is 1. The quantitative estimate of drug-likeness (QED) is 0.0667. The molecule has 0 radical (unpaired) electrons. The molecule has 0 bridgehead atoms. The highest BCUT2D eigenvalue weighted by Gasteiger charge is 2.36. The third kappa shape index (κ3) is 21.0. The summed E-state index contributed by atoms with van der Waals surface area (Å²) in [5.74, 6) is 0.720. The molecule has 0 heterocycles. The number of halogens is 1. The fraction of sp³-hybridized carbons (Fsp3) is 0.966. The molecule has 0 aromatic rings. The summed E-state index contributed by atoms with van der Waals surface area (Å²) < 4.78 is 6.52. The van der Waals surface area contributed by atoms with Crippen LogP contribution in [0.2, 0.25) is 18.1 Å². The molecule has 0 N–H and O–H groups in total. The first-order chi connectivity index (χ1) is 16.1. The van der Waals surface area contributed by atoms with E-state index in [1.165, 1.54) is 134 Å². The van der Waals surface area contributed by atoms with Crippen LogP contribution in [0.1, 0.15) is 156 Å². The molecular weight excluding hydrogens is 444 g/mol. The van der Waals surface area contributed by atoms with E-state index in [0.717, 1.165) is 12.8 Å². The molecule has 0 fully saturated rings. The summed E-state index contributed by atoms with van der Waals surface area (Å²) >= 11 is 5.84.